The molecule has 0 radical (unpaired) electrons. The summed E-state index contributed by atoms with van der Waals surface area (Å²) in [5, 5.41) is 9.26. The zero-order chi connectivity index (χ0) is 19.9. The molecule has 0 atom stereocenters. The van der Waals surface area contributed by atoms with Crippen LogP contribution >= 0.6 is 11.6 Å². The minimum absolute atomic E-state index is 0.0226. The molecule has 0 bridgehead atoms. The van der Waals surface area contributed by atoms with E-state index >= 15 is 0 Å². The van der Waals surface area contributed by atoms with Gasteiger partial charge in [-0.1, -0.05) is 63.5 Å². The molecule has 0 heterocycles. The molecular weight excluding hydrogens is 369 g/mol. The second-order valence-electron chi connectivity index (χ2n) is 9.21. The molecule has 154 valence electrons. The summed E-state index contributed by atoms with van der Waals surface area (Å²) in [4.78, 5) is 0. The highest BCUT2D eigenvalue weighted by molar-refractivity contribution is 6.31. The molecule has 0 amide bonds. The van der Waals surface area contributed by atoms with Gasteiger partial charge in [-0.05, 0) is 79.9 Å². The molecular formula is C25H35ClFN. The first-order valence-electron chi connectivity index (χ1n) is 11.5. The molecule has 0 aliphatic heterocycles. The van der Waals surface area contributed by atoms with Gasteiger partial charge < -0.3 is 0 Å². The number of hydrogen-bond donors (Lipinski definition) is 0. The molecule has 0 spiro atoms. The lowest BCUT2D eigenvalue weighted by Crippen LogP contribution is -2.25. The van der Waals surface area contributed by atoms with E-state index in [4.69, 9.17) is 16.9 Å². The number of nitrogens with zero attached hydrogens (tertiary/aromatic N) is 1. The lowest BCUT2D eigenvalue weighted by Gasteiger charge is -2.38. The van der Waals surface area contributed by atoms with E-state index in [1.807, 2.05) is 12.1 Å². The van der Waals surface area contributed by atoms with Crippen LogP contribution in [-0.4, -0.2) is 0 Å². The summed E-state index contributed by atoms with van der Waals surface area (Å²) in [5.41, 5.74) is 0.960. The van der Waals surface area contributed by atoms with Crippen molar-refractivity contribution in [2.75, 3.05) is 0 Å². The monoisotopic (exact) mass is 403 g/mol. The number of nitriles is 1. The van der Waals surface area contributed by atoms with Gasteiger partial charge in [-0.3, -0.25) is 0 Å². The Morgan fingerprint density at radius 1 is 0.964 bits per heavy atom. The first-order valence-corrected chi connectivity index (χ1v) is 11.9. The van der Waals surface area contributed by atoms with Crippen molar-refractivity contribution >= 4 is 11.6 Å². The van der Waals surface area contributed by atoms with Crippen molar-refractivity contribution in [3.05, 3.63) is 34.1 Å². The van der Waals surface area contributed by atoms with Crippen molar-refractivity contribution in [1.29, 1.82) is 5.26 Å². The molecule has 3 heteroatoms. The Hall–Kier alpha value is -1.07. The van der Waals surface area contributed by atoms with Crippen molar-refractivity contribution < 1.29 is 4.39 Å². The predicted octanol–water partition coefficient (Wildman–Crippen LogP) is 8.40. The first kappa shape index (κ1) is 21.6. The largest absolute Gasteiger partial charge is 0.205 e. The summed E-state index contributed by atoms with van der Waals surface area (Å²) < 4.78 is 14.1. The minimum Gasteiger partial charge on any atom is -0.205 e. The predicted molar refractivity (Wildman–Crippen MR) is 115 cm³/mol. The molecule has 3 rings (SSSR count). The van der Waals surface area contributed by atoms with Crippen molar-refractivity contribution in [2.45, 2.75) is 96.3 Å². The average Bonchev–Trinajstić information content (AvgIpc) is 2.72. The van der Waals surface area contributed by atoms with Crippen LogP contribution in [0.2, 0.25) is 5.02 Å². The van der Waals surface area contributed by atoms with Crippen LogP contribution in [0.1, 0.15) is 107 Å². The zero-order valence-electron chi connectivity index (χ0n) is 17.4. The summed E-state index contributed by atoms with van der Waals surface area (Å²) in [6.07, 6.45) is 17.5. The summed E-state index contributed by atoms with van der Waals surface area (Å²) in [5.74, 6) is 2.67. The van der Waals surface area contributed by atoms with Gasteiger partial charge in [-0.15, -0.1) is 0 Å². The number of benzene rings is 1. The van der Waals surface area contributed by atoms with Crippen molar-refractivity contribution in [3.63, 3.8) is 0 Å². The van der Waals surface area contributed by atoms with E-state index in [1.165, 1.54) is 70.6 Å². The van der Waals surface area contributed by atoms with Gasteiger partial charge in [-0.2, -0.15) is 5.26 Å². The SMILES string of the molecule is CCCCCC[C@H]1CC[C@H](C2CCC(c3cc(F)c(C#N)c(Cl)c3)CC2)CC1. The molecule has 28 heavy (non-hydrogen) atoms. The average molecular weight is 404 g/mol. The Kier molecular flexibility index (Phi) is 8.22. The molecule has 2 saturated carbocycles. The second kappa shape index (κ2) is 10.6. The highest BCUT2D eigenvalue weighted by Gasteiger charge is 2.31. The van der Waals surface area contributed by atoms with Crippen LogP contribution in [0.4, 0.5) is 4.39 Å². The van der Waals surface area contributed by atoms with Crippen molar-refractivity contribution in [3.8, 4) is 6.07 Å². The van der Waals surface area contributed by atoms with Crippen LogP contribution in [0.15, 0.2) is 12.1 Å². The first-order chi connectivity index (χ1) is 13.6. The van der Waals surface area contributed by atoms with Gasteiger partial charge >= 0.3 is 0 Å². The van der Waals surface area contributed by atoms with E-state index in [1.54, 1.807) is 6.07 Å². The van der Waals surface area contributed by atoms with E-state index in [2.05, 4.69) is 6.92 Å². The van der Waals surface area contributed by atoms with Crippen molar-refractivity contribution in [2.24, 2.45) is 17.8 Å². The maximum Gasteiger partial charge on any atom is 0.142 e. The van der Waals surface area contributed by atoms with Gasteiger partial charge in [0.25, 0.3) is 0 Å². The van der Waals surface area contributed by atoms with Gasteiger partial charge in [0.05, 0.1) is 5.02 Å². The van der Waals surface area contributed by atoms with Gasteiger partial charge in [0.2, 0.25) is 0 Å². The van der Waals surface area contributed by atoms with Crippen LogP contribution in [-0.2, 0) is 0 Å². The molecule has 1 aromatic carbocycles. The van der Waals surface area contributed by atoms with Crippen molar-refractivity contribution in [1.82, 2.24) is 0 Å². The van der Waals surface area contributed by atoms with Gasteiger partial charge in [-0.25, -0.2) is 4.39 Å². The van der Waals surface area contributed by atoms with Crippen LogP contribution in [0, 0.1) is 34.9 Å². The van der Waals surface area contributed by atoms with E-state index in [0.717, 1.165) is 36.2 Å². The van der Waals surface area contributed by atoms with Crippen LogP contribution < -0.4 is 0 Å². The molecule has 1 nitrogen and oxygen atoms in total. The third-order valence-corrected chi connectivity index (χ3v) is 7.74. The minimum atomic E-state index is -0.468. The maximum absolute atomic E-state index is 14.1. The number of hydrogen-bond acceptors (Lipinski definition) is 1. The number of rotatable bonds is 7. The smallest absolute Gasteiger partial charge is 0.142 e. The second-order valence-corrected chi connectivity index (χ2v) is 9.62. The summed E-state index contributed by atoms with van der Waals surface area (Å²) in [7, 11) is 0. The van der Waals surface area contributed by atoms with Crippen LogP contribution in [0.25, 0.3) is 0 Å². The molecule has 0 saturated heterocycles. The highest BCUT2D eigenvalue weighted by atomic mass is 35.5. The molecule has 2 aliphatic rings. The third kappa shape index (κ3) is 5.50. The normalized spacial score (nSPS) is 28.1. The fourth-order valence-corrected chi connectivity index (χ4v) is 5.93. The molecule has 2 aliphatic carbocycles. The van der Waals surface area contributed by atoms with E-state index < -0.39 is 5.82 Å². The van der Waals surface area contributed by atoms with Gasteiger partial charge in [0.1, 0.15) is 17.4 Å². The number of halogens is 2. The molecule has 1 aromatic rings. The summed E-state index contributed by atoms with van der Waals surface area (Å²) in [6.45, 7) is 2.28. The Labute approximate surface area is 175 Å². The fraction of sp³-hybridized carbons (Fsp3) is 0.720. The molecule has 2 fully saturated rings. The molecule has 0 aromatic heterocycles. The Balaban J connectivity index is 1.44. The topological polar surface area (TPSA) is 23.8 Å². The summed E-state index contributed by atoms with van der Waals surface area (Å²) >= 11 is 6.11. The Bertz CT molecular complexity index is 641. The standard InChI is InChI=1S/C25H35ClFN/c1-2-3-4-5-6-18-7-9-19(10-8-18)20-11-13-21(14-12-20)22-15-24(26)23(17-28)25(27)16-22/h15-16,18-21H,2-14H2,1H3/t18-,19-,20?,21?. The Morgan fingerprint density at radius 3 is 2.18 bits per heavy atom. The quantitative estimate of drug-likeness (QED) is 0.419. The fourth-order valence-electron chi connectivity index (χ4n) is 5.67. The van der Waals surface area contributed by atoms with Gasteiger partial charge in [0, 0.05) is 0 Å². The number of unbranched alkanes of at least 4 members (excludes halogenated alkanes) is 3. The lowest BCUT2D eigenvalue weighted by molar-refractivity contribution is 0.155. The highest BCUT2D eigenvalue weighted by Crippen LogP contribution is 2.45. The maximum atomic E-state index is 14.1. The lowest BCUT2D eigenvalue weighted by atomic mass is 9.68. The van der Waals surface area contributed by atoms with Crippen LogP contribution in [0.3, 0.4) is 0 Å². The Morgan fingerprint density at radius 2 is 1.61 bits per heavy atom. The molecule has 0 N–H and O–H groups in total. The van der Waals surface area contributed by atoms with Gasteiger partial charge in [0.15, 0.2) is 0 Å². The third-order valence-electron chi connectivity index (χ3n) is 7.44. The van der Waals surface area contributed by atoms with E-state index in [-0.39, 0.29) is 10.6 Å². The van der Waals surface area contributed by atoms with E-state index in [0.29, 0.717) is 5.92 Å². The molecule has 0 unspecified atom stereocenters. The summed E-state index contributed by atoms with van der Waals surface area (Å²) in [6, 6.07) is 5.22. The van der Waals surface area contributed by atoms with E-state index in [9.17, 15) is 4.39 Å². The van der Waals surface area contributed by atoms with Crippen LogP contribution in [0.5, 0.6) is 0 Å². The zero-order valence-corrected chi connectivity index (χ0v) is 18.1.